The highest BCUT2D eigenvalue weighted by atomic mass is 32.2. The molecule has 5 nitrogen and oxygen atoms in total. The van der Waals surface area contributed by atoms with Crippen LogP contribution in [0.5, 0.6) is 5.75 Å². The van der Waals surface area contributed by atoms with Crippen LogP contribution in [-0.4, -0.2) is 38.7 Å². The molecule has 0 saturated carbocycles. The lowest BCUT2D eigenvalue weighted by molar-refractivity contribution is 0.0452. The molecule has 1 aromatic carbocycles. The first-order chi connectivity index (χ1) is 8.94. The summed E-state index contributed by atoms with van der Waals surface area (Å²) >= 11 is 0. The van der Waals surface area contributed by atoms with Gasteiger partial charge in [-0.3, -0.25) is 0 Å². The maximum Gasteiger partial charge on any atom is 0.151 e. The molecule has 2 rings (SSSR count). The van der Waals surface area contributed by atoms with Gasteiger partial charge >= 0.3 is 0 Å². The van der Waals surface area contributed by atoms with E-state index in [1.807, 2.05) is 0 Å². The van der Waals surface area contributed by atoms with Gasteiger partial charge in [0.05, 0.1) is 24.7 Å². The first-order valence-electron chi connectivity index (χ1n) is 6.15. The number of aliphatic hydroxyl groups is 1. The normalized spacial score (nSPS) is 27.1. The zero-order valence-corrected chi connectivity index (χ0v) is 11.7. The molecule has 106 valence electrons. The van der Waals surface area contributed by atoms with Gasteiger partial charge in [-0.05, 0) is 12.5 Å². The average molecular weight is 285 g/mol. The lowest BCUT2D eigenvalue weighted by atomic mass is 9.78. The minimum Gasteiger partial charge on any atom is -0.496 e. The molecule has 1 aromatic rings. The molecular weight excluding hydrogens is 266 g/mol. The molecule has 1 aliphatic rings. The van der Waals surface area contributed by atoms with E-state index in [4.69, 9.17) is 10.5 Å². The Labute approximate surface area is 113 Å². The largest absolute Gasteiger partial charge is 0.496 e. The Hall–Kier alpha value is -1.11. The van der Waals surface area contributed by atoms with E-state index in [0.717, 1.165) is 0 Å². The van der Waals surface area contributed by atoms with Crippen molar-refractivity contribution in [3.8, 4) is 5.75 Å². The molecule has 1 fully saturated rings. The first kappa shape index (κ1) is 14.3. The third-order valence-corrected chi connectivity index (χ3v) is 5.68. The lowest BCUT2D eigenvalue weighted by Crippen LogP contribution is -2.38. The van der Waals surface area contributed by atoms with E-state index < -0.39 is 21.4 Å². The van der Waals surface area contributed by atoms with Crippen LogP contribution < -0.4 is 10.5 Å². The second-order valence-electron chi connectivity index (χ2n) is 5.05. The number of rotatable bonds is 4. The number of aliphatic hydroxyl groups excluding tert-OH is 1. The molecule has 3 N–H and O–H groups in total. The van der Waals surface area contributed by atoms with Gasteiger partial charge in [-0.1, -0.05) is 18.2 Å². The van der Waals surface area contributed by atoms with Gasteiger partial charge in [-0.15, -0.1) is 0 Å². The maximum absolute atomic E-state index is 11.7. The van der Waals surface area contributed by atoms with E-state index in [-0.39, 0.29) is 18.1 Å². The molecule has 1 aliphatic heterocycles. The lowest BCUT2D eigenvalue weighted by Gasteiger charge is -2.32. The molecular formula is C13H19NO4S. The van der Waals surface area contributed by atoms with Gasteiger partial charge in [0.15, 0.2) is 9.84 Å². The standard InChI is InChI=1S/C13H19NO4S/c1-18-11-5-3-2-4-10(11)12(15)13(8-14)6-7-19(16,17)9-13/h2-5,12,15H,6-9,14H2,1H3. The Morgan fingerprint density at radius 2 is 2.16 bits per heavy atom. The Morgan fingerprint density at radius 1 is 1.47 bits per heavy atom. The Kier molecular flexibility index (Phi) is 3.85. The summed E-state index contributed by atoms with van der Waals surface area (Å²) in [7, 11) is -1.60. The molecule has 0 aromatic heterocycles. The summed E-state index contributed by atoms with van der Waals surface area (Å²) in [6, 6.07) is 7.07. The summed E-state index contributed by atoms with van der Waals surface area (Å²) in [5.74, 6) is 0.554. The number of ether oxygens (including phenoxy) is 1. The van der Waals surface area contributed by atoms with Crippen LogP contribution in [0, 0.1) is 5.41 Å². The summed E-state index contributed by atoms with van der Waals surface area (Å²) in [5, 5.41) is 10.6. The molecule has 1 heterocycles. The minimum absolute atomic E-state index is 0.0737. The van der Waals surface area contributed by atoms with Gasteiger partial charge in [-0.2, -0.15) is 0 Å². The molecule has 0 amide bonds. The summed E-state index contributed by atoms with van der Waals surface area (Å²) in [6.45, 7) is 0.130. The van der Waals surface area contributed by atoms with Crippen molar-refractivity contribution < 1.29 is 18.3 Å². The van der Waals surface area contributed by atoms with Gasteiger partial charge in [0.2, 0.25) is 0 Å². The van der Waals surface area contributed by atoms with Crippen molar-refractivity contribution in [3.63, 3.8) is 0 Å². The van der Waals surface area contributed by atoms with E-state index in [1.165, 1.54) is 7.11 Å². The van der Waals surface area contributed by atoms with Gasteiger partial charge in [0.25, 0.3) is 0 Å². The second kappa shape index (κ2) is 5.11. The van der Waals surface area contributed by atoms with Gasteiger partial charge in [-0.25, -0.2) is 8.42 Å². The van der Waals surface area contributed by atoms with Crippen molar-refractivity contribution >= 4 is 9.84 Å². The highest BCUT2D eigenvalue weighted by Crippen LogP contribution is 2.44. The average Bonchev–Trinajstić information content (AvgIpc) is 2.74. The van der Waals surface area contributed by atoms with Crippen LogP contribution in [0.25, 0.3) is 0 Å². The van der Waals surface area contributed by atoms with Crippen molar-refractivity contribution in [2.24, 2.45) is 11.1 Å². The van der Waals surface area contributed by atoms with E-state index in [0.29, 0.717) is 17.7 Å². The fourth-order valence-corrected chi connectivity index (χ4v) is 4.81. The predicted molar refractivity (Wildman–Crippen MR) is 72.7 cm³/mol. The zero-order chi connectivity index (χ0) is 14.1. The van der Waals surface area contributed by atoms with Crippen molar-refractivity contribution in [3.05, 3.63) is 29.8 Å². The van der Waals surface area contributed by atoms with E-state index >= 15 is 0 Å². The molecule has 0 radical (unpaired) electrons. The summed E-state index contributed by atoms with van der Waals surface area (Å²) in [4.78, 5) is 0. The molecule has 0 bridgehead atoms. The smallest absolute Gasteiger partial charge is 0.151 e. The fourth-order valence-electron chi connectivity index (χ4n) is 2.65. The van der Waals surface area contributed by atoms with Crippen LogP contribution in [-0.2, 0) is 9.84 Å². The molecule has 1 saturated heterocycles. The molecule has 0 aliphatic carbocycles. The number of hydrogen-bond donors (Lipinski definition) is 2. The molecule has 2 atom stereocenters. The Bertz CT molecular complexity index is 558. The summed E-state index contributed by atoms with van der Waals surface area (Å²) in [6.07, 6.45) is -0.559. The van der Waals surface area contributed by atoms with Crippen LogP contribution in [0.3, 0.4) is 0 Å². The topological polar surface area (TPSA) is 89.6 Å². The molecule has 6 heteroatoms. The molecule has 0 spiro atoms. The SMILES string of the molecule is COc1ccccc1C(O)C1(CN)CCS(=O)(=O)C1. The van der Waals surface area contributed by atoms with Crippen molar-refractivity contribution in [1.29, 1.82) is 0 Å². The quantitative estimate of drug-likeness (QED) is 0.840. The van der Waals surface area contributed by atoms with Gasteiger partial charge < -0.3 is 15.6 Å². The number of methoxy groups -OCH3 is 1. The van der Waals surface area contributed by atoms with Gasteiger partial charge in [0.1, 0.15) is 5.75 Å². The minimum atomic E-state index is -3.12. The van der Waals surface area contributed by atoms with Crippen molar-refractivity contribution in [1.82, 2.24) is 0 Å². The number of sulfone groups is 1. The summed E-state index contributed by atoms with van der Waals surface area (Å²) in [5.41, 5.74) is 5.53. The zero-order valence-electron chi connectivity index (χ0n) is 10.9. The van der Waals surface area contributed by atoms with Crippen molar-refractivity contribution in [2.75, 3.05) is 25.2 Å². The van der Waals surface area contributed by atoms with Crippen LogP contribution in [0.1, 0.15) is 18.1 Å². The molecule has 19 heavy (non-hydrogen) atoms. The number of benzene rings is 1. The number of para-hydroxylation sites is 1. The van der Waals surface area contributed by atoms with E-state index in [9.17, 15) is 13.5 Å². The maximum atomic E-state index is 11.7. The second-order valence-corrected chi connectivity index (χ2v) is 7.24. The van der Waals surface area contributed by atoms with E-state index in [2.05, 4.69) is 0 Å². The highest BCUT2D eigenvalue weighted by Gasteiger charge is 2.47. The Morgan fingerprint density at radius 3 is 2.68 bits per heavy atom. The van der Waals surface area contributed by atoms with Crippen molar-refractivity contribution in [2.45, 2.75) is 12.5 Å². The first-order valence-corrected chi connectivity index (χ1v) is 7.98. The summed E-state index contributed by atoms with van der Waals surface area (Å²) < 4.78 is 28.6. The van der Waals surface area contributed by atoms with E-state index in [1.54, 1.807) is 24.3 Å². The van der Waals surface area contributed by atoms with Gasteiger partial charge in [0, 0.05) is 17.5 Å². The van der Waals surface area contributed by atoms with Crippen LogP contribution >= 0.6 is 0 Å². The number of hydrogen-bond acceptors (Lipinski definition) is 5. The fraction of sp³-hybridized carbons (Fsp3) is 0.538. The van der Waals surface area contributed by atoms with Crippen LogP contribution in [0.4, 0.5) is 0 Å². The monoisotopic (exact) mass is 285 g/mol. The Balaban J connectivity index is 2.39. The molecule has 2 unspecified atom stereocenters. The predicted octanol–water partition coefficient (Wildman–Crippen LogP) is 0.492. The highest BCUT2D eigenvalue weighted by molar-refractivity contribution is 7.91. The van der Waals surface area contributed by atoms with Crippen LogP contribution in [0.15, 0.2) is 24.3 Å². The number of nitrogens with two attached hydrogens (primary N) is 1. The third-order valence-electron chi connectivity index (χ3n) is 3.84. The third kappa shape index (κ3) is 2.61. The van der Waals surface area contributed by atoms with Crippen LogP contribution in [0.2, 0.25) is 0 Å².